The van der Waals surface area contributed by atoms with Gasteiger partial charge in [-0.05, 0) is 74.5 Å². The summed E-state index contributed by atoms with van der Waals surface area (Å²) in [6.07, 6.45) is 13.9. The Morgan fingerprint density at radius 1 is 1.00 bits per heavy atom. The first-order valence-corrected chi connectivity index (χ1v) is 13.3. The van der Waals surface area contributed by atoms with E-state index in [9.17, 15) is 5.11 Å². The number of halogens is 1. The molecule has 2 nitrogen and oxygen atoms in total. The number of fused-ring (bicyclic) bond motifs is 1. The highest BCUT2D eigenvalue weighted by Gasteiger charge is 2.33. The third-order valence-corrected chi connectivity index (χ3v) is 7.65. The van der Waals surface area contributed by atoms with Crippen LogP contribution in [0.25, 0.3) is 0 Å². The van der Waals surface area contributed by atoms with Gasteiger partial charge in [0.1, 0.15) is 17.1 Å². The Labute approximate surface area is 197 Å². The molecule has 1 aliphatic heterocycles. The van der Waals surface area contributed by atoms with Gasteiger partial charge >= 0.3 is 0 Å². The van der Waals surface area contributed by atoms with Gasteiger partial charge in [-0.1, -0.05) is 72.6 Å². The summed E-state index contributed by atoms with van der Waals surface area (Å²) < 4.78 is 6.53. The summed E-state index contributed by atoms with van der Waals surface area (Å²) in [6, 6.07) is 1.85. The molecule has 0 bridgehead atoms. The SMILES string of the molecule is Cc1c(CCl)c(O)cc2c1O[C@](C)(CCC[C@H](C)CCC[C@H](C)CCCC(C)C)CC2. The first-order valence-electron chi connectivity index (χ1n) is 12.7. The summed E-state index contributed by atoms with van der Waals surface area (Å²) in [5.74, 6) is 4.10. The smallest absolute Gasteiger partial charge is 0.126 e. The van der Waals surface area contributed by atoms with Gasteiger partial charge in [-0.3, -0.25) is 0 Å². The topological polar surface area (TPSA) is 29.5 Å². The number of hydrogen-bond donors (Lipinski definition) is 1. The van der Waals surface area contributed by atoms with E-state index in [2.05, 4.69) is 34.6 Å². The van der Waals surface area contributed by atoms with Gasteiger partial charge in [-0.25, -0.2) is 0 Å². The van der Waals surface area contributed by atoms with E-state index in [1.54, 1.807) is 0 Å². The predicted octanol–water partition coefficient (Wildman–Crippen LogP) is 8.96. The third-order valence-electron chi connectivity index (χ3n) is 7.39. The molecule has 0 amide bonds. The molecular weight excluding hydrogens is 404 g/mol. The molecule has 0 unspecified atom stereocenters. The standard InChI is InChI=1S/C28H47ClO2/c1-20(2)10-7-11-21(3)12-8-13-22(4)14-9-16-28(6)17-15-24-18-26(30)25(19-29)23(5)27(24)31-28/h18,20-22,30H,7-17,19H2,1-6H3/t21-,22-,28-/m1/s1. The van der Waals surface area contributed by atoms with Gasteiger partial charge in [0.15, 0.2) is 0 Å². The summed E-state index contributed by atoms with van der Waals surface area (Å²) in [5, 5.41) is 10.2. The molecule has 0 saturated carbocycles. The van der Waals surface area contributed by atoms with E-state index in [4.69, 9.17) is 16.3 Å². The van der Waals surface area contributed by atoms with Gasteiger partial charge in [-0.15, -0.1) is 11.6 Å². The minimum absolute atomic E-state index is 0.108. The molecule has 178 valence electrons. The molecule has 0 aliphatic carbocycles. The van der Waals surface area contributed by atoms with Crippen molar-refractivity contribution in [3.8, 4) is 11.5 Å². The van der Waals surface area contributed by atoms with Crippen molar-refractivity contribution < 1.29 is 9.84 Å². The molecule has 1 aliphatic rings. The maximum atomic E-state index is 10.2. The molecule has 0 saturated heterocycles. The van der Waals surface area contributed by atoms with E-state index >= 15 is 0 Å². The minimum Gasteiger partial charge on any atom is -0.508 e. The van der Waals surface area contributed by atoms with Crippen molar-refractivity contribution in [2.24, 2.45) is 17.8 Å². The Hall–Kier alpha value is -0.890. The second-order valence-corrected chi connectivity index (χ2v) is 11.3. The number of aromatic hydroxyl groups is 1. The molecule has 0 fully saturated rings. The van der Waals surface area contributed by atoms with Gasteiger partial charge in [0.2, 0.25) is 0 Å². The van der Waals surface area contributed by atoms with E-state index in [1.807, 2.05) is 13.0 Å². The first-order chi connectivity index (χ1) is 14.6. The summed E-state index contributed by atoms with van der Waals surface area (Å²) >= 11 is 6.05. The molecule has 2 rings (SSSR count). The van der Waals surface area contributed by atoms with Crippen molar-refractivity contribution in [1.29, 1.82) is 0 Å². The molecular formula is C28H47ClO2. The summed E-state index contributed by atoms with van der Waals surface area (Å²) in [6.45, 7) is 13.8. The fraction of sp³-hybridized carbons (Fsp3) is 0.786. The zero-order valence-corrected chi connectivity index (χ0v) is 21.8. The zero-order valence-electron chi connectivity index (χ0n) is 21.0. The van der Waals surface area contributed by atoms with Crippen LogP contribution in [0.5, 0.6) is 11.5 Å². The maximum absolute atomic E-state index is 10.2. The number of rotatable bonds is 13. The Kier molecular flexibility index (Phi) is 10.5. The van der Waals surface area contributed by atoms with Gasteiger partial charge in [0.25, 0.3) is 0 Å². The highest BCUT2D eigenvalue weighted by Crippen LogP contribution is 2.42. The molecule has 31 heavy (non-hydrogen) atoms. The lowest BCUT2D eigenvalue weighted by Gasteiger charge is -2.37. The molecule has 3 heteroatoms. The summed E-state index contributed by atoms with van der Waals surface area (Å²) in [7, 11) is 0. The van der Waals surface area contributed by atoms with Gasteiger partial charge < -0.3 is 9.84 Å². The van der Waals surface area contributed by atoms with Crippen molar-refractivity contribution in [3.05, 3.63) is 22.8 Å². The number of benzene rings is 1. The second kappa shape index (κ2) is 12.4. The normalized spacial score (nSPS) is 20.4. The van der Waals surface area contributed by atoms with E-state index in [0.717, 1.165) is 59.5 Å². The van der Waals surface area contributed by atoms with E-state index in [1.165, 1.54) is 51.4 Å². The van der Waals surface area contributed by atoms with Crippen LogP contribution in [0.1, 0.15) is 116 Å². The lowest BCUT2D eigenvalue weighted by atomic mass is 9.85. The average Bonchev–Trinajstić information content (AvgIpc) is 2.69. The van der Waals surface area contributed by atoms with Crippen molar-refractivity contribution in [1.82, 2.24) is 0 Å². The predicted molar refractivity (Wildman–Crippen MR) is 134 cm³/mol. The molecule has 0 aromatic heterocycles. The minimum atomic E-state index is -0.108. The van der Waals surface area contributed by atoms with Crippen LogP contribution in [0.3, 0.4) is 0 Å². The van der Waals surface area contributed by atoms with Gasteiger partial charge in [-0.2, -0.15) is 0 Å². The lowest BCUT2D eigenvalue weighted by Crippen LogP contribution is -2.36. The van der Waals surface area contributed by atoms with E-state index in [0.29, 0.717) is 11.6 Å². The van der Waals surface area contributed by atoms with E-state index in [-0.39, 0.29) is 5.60 Å². The summed E-state index contributed by atoms with van der Waals surface area (Å²) in [4.78, 5) is 0. The molecule has 1 aromatic rings. The Morgan fingerprint density at radius 2 is 1.58 bits per heavy atom. The molecule has 0 radical (unpaired) electrons. The largest absolute Gasteiger partial charge is 0.508 e. The van der Waals surface area contributed by atoms with Gasteiger partial charge in [0, 0.05) is 5.56 Å². The van der Waals surface area contributed by atoms with Crippen LogP contribution in [0.2, 0.25) is 0 Å². The van der Waals surface area contributed by atoms with Crippen molar-refractivity contribution in [3.63, 3.8) is 0 Å². The van der Waals surface area contributed by atoms with Crippen LogP contribution < -0.4 is 4.74 Å². The van der Waals surface area contributed by atoms with Gasteiger partial charge in [0.05, 0.1) is 5.88 Å². The Bertz CT molecular complexity index is 684. The quantitative estimate of drug-likeness (QED) is 0.304. The number of alkyl halides is 1. The fourth-order valence-corrected chi connectivity index (χ4v) is 5.40. The molecule has 1 N–H and O–H groups in total. The molecule has 0 spiro atoms. The van der Waals surface area contributed by atoms with Crippen LogP contribution in [-0.4, -0.2) is 10.7 Å². The molecule has 1 aromatic carbocycles. The average molecular weight is 451 g/mol. The third kappa shape index (κ3) is 8.19. The molecule has 1 heterocycles. The van der Waals surface area contributed by atoms with Crippen LogP contribution in [-0.2, 0) is 12.3 Å². The van der Waals surface area contributed by atoms with Crippen LogP contribution in [0.4, 0.5) is 0 Å². The first kappa shape index (κ1) is 26.4. The number of phenolic OH excluding ortho intramolecular Hbond substituents is 1. The number of phenols is 1. The second-order valence-electron chi connectivity index (χ2n) is 11.0. The van der Waals surface area contributed by atoms with Crippen LogP contribution in [0, 0.1) is 24.7 Å². The lowest BCUT2D eigenvalue weighted by molar-refractivity contribution is 0.0514. The Balaban J connectivity index is 1.72. The van der Waals surface area contributed by atoms with Crippen molar-refractivity contribution in [2.75, 3.05) is 0 Å². The highest BCUT2D eigenvalue weighted by atomic mass is 35.5. The van der Waals surface area contributed by atoms with Crippen molar-refractivity contribution >= 4 is 11.6 Å². The van der Waals surface area contributed by atoms with E-state index < -0.39 is 0 Å². The van der Waals surface area contributed by atoms with Crippen LogP contribution in [0.15, 0.2) is 6.07 Å². The zero-order chi connectivity index (χ0) is 23.0. The van der Waals surface area contributed by atoms with Crippen molar-refractivity contribution in [2.45, 2.75) is 124 Å². The van der Waals surface area contributed by atoms with Crippen LogP contribution >= 0.6 is 11.6 Å². The monoisotopic (exact) mass is 450 g/mol. The number of aryl methyl sites for hydroxylation is 1. The maximum Gasteiger partial charge on any atom is 0.126 e. The highest BCUT2D eigenvalue weighted by molar-refractivity contribution is 6.17. The number of ether oxygens (including phenoxy) is 1. The number of hydrogen-bond acceptors (Lipinski definition) is 2. The molecule has 3 atom stereocenters. The Morgan fingerprint density at radius 3 is 2.16 bits per heavy atom. The summed E-state index contributed by atoms with van der Waals surface area (Å²) in [5.41, 5.74) is 2.82. The fourth-order valence-electron chi connectivity index (χ4n) is 5.06.